The fourth-order valence-corrected chi connectivity index (χ4v) is 5.54. The number of hydrogen-bond donors (Lipinski definition) is 1. The van der Waals surface area contributed by atoms with Gasteiger partial charge in [0.25, 0.3) is 0 Å². The molecule has 0 saturated heterocycles. The maximum Gasteiger partial charge on any atom is 0.312 e. The maximum absolute atomic E-state index is 13.7. The predicted octanol–water partition coefficient (Wildman–Crippen LogP) is 6.90. The van der Waals surface area contributed by atoms with E-state index in [0.29, 0.717) is 46.2 Å². The smallest absolute Gasteiger partial charge is 0.312 e. The molecular weight excluding hydrogens is 572 g/mol. The molecular formula is C34H27ClO8. The zero-order valence-corrected chi connectivity index (χ0v) is 24.1. The van der Waals surface area contributed by atoms with Crippen molar-refractivity contribution in [3.63, 3.8) is 0 Å². The minimum atomic E-state index is -0.616. The van der Waals surface area contributed by atoms with E-state index in [2.05, 4.69) is 0 Å². The third-order valence-corrected chi connectivity index (χ3v) is 7.78. The van der Waals surface area contributed by atoms with E-state index in [1.54, 1.807) is 44.6 Å². The molecule has 43 heavy (non-hydrogen) atoms. The van der Waals surface area contributed by atoms with Gasteiger partial charge in [-0.1, -0.05) is 48.0 Å². The van der Waals surface area contributed by atoms with Gasteiger partial charge in [-0.15, -0.1) is 0 Å². The number of ether oxygens (including phenoxy) is 4. The van der Waals surface area contributed by atoms with Gasteiger partial charge in [-0.25, -0.2) is 0 Å². The first-order valence-corrected chi connectivity index (χ1v) is 14.0. The number of hydrogen-bond acceptors (Lipinski definition) is 8. The van der Waals surface area contributed by atoms with E-state index >= 15 is 0 Å². The van der Waals surface area contributed by atoms with Crippen molar-refractivity contribution < 1.29 is 33.3 Å². The standard InChI is InChI=1S/C34H27ClO8/c1-39-22-12-6-19(7-13-22)14-15-41-33-23(4-3-5-27(33)40-2)24-16-29(37)43-28-17-26(36)31-32(38)25(18-42-34(31)30(24)28)20-8-10-21(35)11-9-20/h3-13,17-18,24,36H,14-16H2,1-2H3. The van der Waals surface area contributed by atoms with Crippen molar-refractivity contribution in [1.82, 2.24) is 0 Å². The Labute approximate surface area is 252 Å². The number of phenolic OH excluding ortho intramolecular Hbond substituents is 1. The molecule has 6 rings (SSSR count). The van der Waals surface area contributed by atoms with Gasteiger partial charge in [0.05, 0.1) is 32.8 Å². The van der Waals surface area contributed by atoms with Crippen molar-refractivity contribution in [2.24, 2.45) is 0 Å². The van der Waals surface area contributed by atoms with E-state index in [1.807, 2.05) is 36.4 Å². The van der Waals surface area contributed by atoms with Crippen LogP contribution in [0.5, 0.6) is 28.7 Å². The van der Waals surface area contributed by atoms with Crippen LogP contribution >= 0.6 is 11.6 Å². The lowest BCUT2D eigenvalue weighted by Gasteiger charge is -2.28. The lowest BCUT2D eigenvalue weighted by atomic mass is 9.84. The molecule has 1 aromatic heterocycles. The van der Waals surface area contributed by atoms with Crippen LogP contribution in [0, 0.1) is 0 Å². The summed E-state index contributed by atoms with van der Waals surface area (Å²) in [6.07, 6.45) is 1.92. The van der Waals surface area contributed by atoms with Gasteiger partial charge in [0.15, 0.2) is 11.5 Å². The van der Waals surface area contributed by atoms with E-state index in [9.17, 15) is 14.7 Å². The Morgan fingerprint density at radius 3 is 2.47 bits per heavy atom. The van der Waals surface area contributed by atoms with Crippen LogP contribution in [0.1, 0.15) is 29.0 Å². The number of para-hydroxylation sites is 1. The Kier molecular flexibility index (Phi) is 7.69. The summed E-state index contributed by atoms with van der Waals surface area (Å²) in [5.41, 5.74) is 2.71. The Balaban J connectivity index is 1.43. The molecule has 0 radical (unpaired) electrons. The first-order chi connectivity index (χ1) is 20.9. The van der Waals surface area contributed by atoms with E-state index in [4.69, 9.17) is 35.0 Å². The Hall–Kier alpha value is -4.95. The van der Waals surface area contributed by atoms with Crippen molar-refractivity contribution in [2.45, 2.75) is 18.8 Å². The van der Waals surface area contributed by atoms with Gasteiger partial charge in [0, 0.05) is 34.6 Å². The third-order valence-electron chi connectivity index (χ3n) is 7.53. The highest BCUT2D eigenvalue weighted by molar-refractivity contribution is 6.30. The Morgan fingerprint density at radius 2 is 1.74 bits per heavy atom. The summed E-state index contributed by atoms with van der Waals surface area (Å²) >= 11 is 6.03. The van der Waals surface area contributed by atoms with E-state index in [1.165, 1.54) is 12.3 Å². The van der Waals surface area contributed by atoms with Crippen LogP contribution in [-0.4, -0.2) is 31.9 Å². The van der Waals surface area contributed by atoms with E-state index in [0.717, 1.165) is 11.3 Å². The fraction of sp³-hybridized carbons (Fsp3) is 0.176. The Morgan fingerprint density at radius 1 is 0.977 bits per heavy atom. The highest BCUT2D eigenvalue weighted by atomic mass is 35.5. The number of carbonyl (C=O) groups excluding carboxylic acids is 1. The highest BCUT2D eigenvalue weighted by Crippen LogP contribution is 2.49. The number of aromatic hydroxyl groups is 1. The molecule has 0 bridgehead atoms. The summed E-state index contributed by atoms with van der Waals surface area (Å²) in [7, 11) is 3.16. The molecule has 0 spiro atoms. The van der Waals surface area contributed by atoms with Crippen molar-refractivity contribution in [3.05, 3.63) is 111 Å². The Bertz CT molecular complexity index is 1880. The second-order valence-electron chi connectivity index (χ2n) is 10.1. The molecule has 8 nitrogen and oxygen atoms in total. The van der Waals surface area contributed by atoms with Gasteiger partial charge < -0.3 is 28.5 Å². The molecule has 0 saturated carbocycles. The molecule has 0 amide bonds. The molecule has 0 aliphatic carbocycles. The molecule has 1 N–H and O–H groups in total. The minimum absolute atomic E-state index is 0.0148. The predicted molar refractivity (Wildman–Crippen MR) is 162 cm³/mol. The van der Waals surface area contributed by atoms with Crippen molar-refractivity contribution >= 4 is 28.5 Å². The monoisotopic (exact) mass is 598 g/mol. The highest BCUT2D eigenvalue weighted by Gasteiger charge is 2.36. The maximum atomic E-state index is 13.7. The molecule has 4 aromatic carbocycles. The fourth-order valence-electron chi connectivity index (χ4n) is 5.41. The first kappa shape index (κ1) is 28.2. The van der Waals surface area contributed by atoms with E-state index in [-0.39, 0.29) is 34.5 Å². The van der Waals surface area contributed by atoms with Crippen LogP contribution < -0.4 is 24.4 Å². The summed E-state index contributed by atoms with van der Waals surface area (Å²) in [6.45, 7) is 0.333. The van der Waals surface area contributed by atoms with Crippen LogP contribution in [0.3, 0.4) is 0 Å². The summed E-state index contributed by atoms with van der Waals surface area (Å²) in [5, 5.41) is 11.4. The molecule has 218 valence electrons. The third kappa shape index (κ3) is 5.37. The molecule has 1 atom stereocenters. The second-order valence-corrected chi connectivity index (χ2v) is 10.5. The number of fused-ring (bicyclic) bond motifs is 3. The molecule has 5 aromatic rings. The average molecular weight is 599 g/mol. The van der Waals surface area contributed by atoms with Crippen LogP contribution in [0.25, 0.3) is 22.1 Å². The lowest BCUT2D eigenvalue weighted by molar-refractivity contribution is -0.135. The van der Waals surface area contributed by atoms with Gasteiger partial charge in [-0.3, -0.25) is 9.59 Å². The molecule has 9 heteroatoms. The van der Waals surface area contributed by atoms with Crippen molar-refractivity contribution in [2.75, 3.05) is 20.8 Å². The summed E-state index contributed by atoms with van der Waals surface area (Å²) in [6, 6.07) is 21.2. The second kappa shape index (κ2) is 11.7. The van der Waals surface area contributed by atoms with Crippen LogP contribution in [0.4, 0.5) is 0 Å². The lowest BCUT2D eigenvalue weighted by Crippen LogP contribution is -2.22. The van der Waals surface area contributed by atoms with Gasteiger partial charge in [0.2, 0.25) is 5.43 Å². The minimum Gasteiger partial charge on any atom is -0.507 e. The number of halogens is 1. The molecule has 1 aliphatic heterocycles. The van der Waals surface area contributed by atoms with Gasteiger partial charge >= 0.3 is 5.97 Å². The molecule has 1 unspecified atom stereocenters. The number of esters is 1. The molecule has 2 heterocycles. The normalized spacial score (nSPS) is 14.2. The van der Waals surface area contributed by atoms with Gasteiger partial charge in [-0.05, 0) is 41.5 Å². The summed E-state index contributed by atoms with van der Waals surface area (Å²) in [4.78, 5) is 26.5. The number of methoxy groups -OCH3 is 2. The number of rotatable bonds is 8. The van der Waals surface area contributed by atoms with Crippen LogP contribution in [0.2, 0.25) is 5.02 Å². The topological polar surface area (TPSA) is 104 Å². The number of phenols is 1. The first-order valence-electron chi connectivity index (χ1n) is 13.6. The average Bonchev–Trinajstić information content (AvgIpc) is 3.01. The zero-order valence-electron chi connectivity index (χ0n) is 23.4. The zero-order chi connectivity index (χ0) is 30.1. The summed E-state index contributed by atoms with van der Waals surface area (Å²) in [5.74, 6) is 0.366. The van der Waals surface area contributed by atoms with Crippen molar-refractivity contribution in [3.8, 4) is 39.9 Å². The van der Waals surface area contributed by atoms with Crippen molar-refractivity contribution in [1.29, 1.82) is 0 Å². The van der Waals surface area contributed by atoms with Gasteiger partial charge in [-0.2, -0.15) is 0 Å². The number of carbonyl (C=O) groups is 1. The molecule has 1 aliphatic rings. The SMILES string of the molecule is COc1ccc(CCOc2c(OC)cccc2C2CC(=O)Oc3cc(O)c4c(=O)c(-c5ccc(Cl)cc5)coc4c32)cc1. The largest absolute Gasteiger partial charge is 0.507 e. The van der Waals surface area contributed by atoms with E-state index < -0.39 is 17.3 Å². The quantitative estimate of drug-likeness (QED) is 0.152. The van der Waals surface area contributed by atoms with Gasteiger partial charge in [0.1, 0.15) is 34.5 Å². The summed E-state index contributed by atoms with van der Waals surface area (Å²) < 4.78 is 28.8. The van der Waals surface area contributed by atoms with Crippen LogP contribution in [0.15, 0.2) is 88.3 Å². The molecule has 0 fully saturated rings. The number of benzene rings is 4. The van der Waals surface area contributed by atoms with Crippen LogP contribution in [-0.2, 0) is 11.2 Å².